The molecule has 3 rings (SSSR count). The summed E-state index contributed by atoms with van der Waals surface area (Å²) in [5.41, 5.74) is 3.77. The van der Waals surface area contributed by atoms with E-state index in [9.17, 15) is 24.0 Å². The average Bonchev–Trinajstić information content (AvgIpc) is 3.03. The number of rotatable bonds is 11. The molecule has 0 bridgehead atoms. The number of carbonyl (C=O) groups excluding carboxylic acids is 5. The number of methoxy groups -OCH3 is 1. The highest BCUT2D eigenvalue weighted by Crippen LogP contribution is 2.23. The van der Waals surface area contributed by atoms with Crippen molar-refractivity contribution in [2.75, 3.05) is 13.7 Å². The Balaban J connectivity index is 1.62. The minimum absolute atomic E-state index is 0.264. The van der Waals surface area contributed by atoms with Crippen molar-refractivity contribution in [1.82, 2.24) is 31.4 Å². The molecule has 2 aromatic rings. The number of fused-ring (bicyclic) bond motifs is 1. The molecule has 4 N–H and O–H groups in total. The first-order valence-corrected chi connectivity index (χ1v) is 16.7. The number of alkyl carbamates (subject to hydrolysis) is 1. The van der Waals surface area contributed by atoms with Crippen molar-refractivity contribution in [3.8, 4) is 0 Å². The Bertz CT molecular complexity index is 1560. The largest absolute Gasteiger partial charge is 0.468 e. The van der Waals surface area contributed by atoms with Crippen molar-refractivity contribution in [3.05, 3.63) is 47.7 Å². The van der Waals surface area contributed by atoms with Crippen LogP contribution < -0.4 is 21.4 Å². The number of hydrogen-bond acceptors (Lipinski definition) is 9. The van der Waals surface area contributed by atoms with Crippen LogP contribution in [-0.4, -0.2) is 77.2 Å². The number of benzene rings is 1. The van der Waals surface area contributed by atoms with Gasteiger partial charge in [-0.3, -0.25) is 29.2 Å². The molecule has 13 nitrogen and oxygen atoms in total. The van der Waals surface area contributed by atoms with Crippen LogP contribution in [0.25, 0.3) is 17.0 Å². The van der Waals surface area contributed by atoms with Gasteiger partial charge in [-0.15, -0.1) is 0 Å². The van der Waals surface area contributed by atoms with Gasteiger partial charge in [-0.05, 0) is 84.9 Å². The summed E-state index contributed by atoms with van der Waals surface area (Å²) >= 11 is 0. The van der Waals surface area contributed by atoms with Crippen LogP contribution in [0, 0.1) is 11.3 Å². The van der Waals surface area contributed by atoms with Crippen molar-refractivity contribution in [3.63, 3.8) is 0 Å². The van der Waals surface area contributed by atoms with Gasteiger partial charge in [-0.25, -0.2) is 10.2 Å². The molecular formula is C36H52N6O7. The molecule has 0 saturated carbocycles. The third-order valence-electron chi connectivity index (χ3n) is 8.06. The number of nitrogens with one attached hydrogen (secondary N) is 4. The van der Waals surface area contributed by atoms with E-state index in [-0.39, 0.29) is 17.8 Å². The van der Waals surface area contributed by atoms with Gasteiger partial charge < -0.3 is 25.4 Å². The smallest absolute Gasteiger partial charge is 0.408 e. The summed E-state index contributed by atoms with van der Waals surface area (Å²) in [5.74, 6) is -1.81. The maximum atomic E-state index is 13.3. The number of ether oxygens (including phenoxy) is 2. The predicted molar refractivity (Wildman–Crippen MR) is 187 cm³/mol. The maximum absolute atomic E-state index is 13.3. The van der Waals surface area contributed by atoms with Crippen LogP contribution in [0.2, 0.25) is 0 Å². The molecule has 1 aliphatic rings. The maximum Gasteiger partial charge on any atom is 0.408 e. The Morgan fingerprint density at radius 1 is 0.980 bits per heavy atom. The third-order valence-corrected chi connectivity index (χ3v) is 8.06. The standard InChI is InChI=1S/C36H52N6O7/c1-21(2)29(40-34(47)49-35(5,6)7)31(44)38-23(4)32(45)42-19-11-12-27(41-42)30(43)37-22(3)26-16-15-25-14-13-24(20-28(25)39-26)17-18-36(8,9)33(46)48-10/h13-18,20-23,27,29,41H,11-12,19H2,1-10H3,(H,37,43)(H,38,44)(H,40,47)/b18-17+/t22-,23+,27+,29+/m1/s1. The summed E-state index contributed by atoms with van der Waals surface area (Å²) in [4.78, 5) is 68.8. The molecule has 1 saturated heterocycles. The summed E-state index contributed by atoms with van der Waals surface area (Å²) < 4.78 is 10.2. The molecule has 0 spiro atoms. The van der Waals surface area contributed by atoms with Crippen molar-refractivity contribution in [1.29, 1.82) is 0 Å². The van der Waals surface area contributed by atoms with Crippen molar-refractivity contribution < 1.29 is 33.4 Å². The van der Waals surface area contributed by atoms with Crippen LogP contribution in [0.4, 0.5) is 4.79 Å². The molecule has 1 aliphatic heterocycles. The van der Waals surface area contributed by atoms with Gasteiger partial charge in [0.15, 0.2) is 0 Å². The molecule has 1 aromatic carbocycles. The number of esters is 1. The van der Waals surface area contributed by atoms with Crippen molar-refractivity contribution in [2.24, 2.45) is 11.3 Å². The minimum Gasteiger partial charge on any atom is -0.468 e. The fourth-order valence-electron chi connectivity index (χ4n) is 5.22. The van der Waals surface area contributed by atoms with Crippen LogP contribution in [0.15, 0.2) is 36.4 Å². The summed E-state index contributed by atoms with van der Waals surface area (Å²) in [7, 11) is 1.36. The van der Waals surface area contributed by atoms with Crippen molar-refractivity contribution in [2.45, 2.75) is 105 Å². The monoisotopic (exact) mass is 680 g/mol. The van der Waals surface area contributed by atoms with E-state index in [1.165, 1.54) is 12.1 Å². The molecule has 4 amide bonds. The zero-order chi connectivity index (χ0) is 36.7. The second-order valence-electron chi connectivity index (χ2n) is 14.4. The van der Waals surface area contributed by atoms with Crippen LogP contribution >= 0.6 is 0 Å². The Kier molecular flexibility index (Phi) is 12.9. The van der Waals surface area contributed by atoms with E-state index in [2.05, 4.69) is 21.4 Å². The number of carbonyl (C=O) groups is 5. The minimum atomic E-state index is -0.921. The van der Waals surface area contributed by atoms with Crippen LogP contribution in [0.5, 0.6) is 0 Å². The highest BCUT2D eigenvalue weighted by Gasteiger charge is 2.34. The molecule has 2 heterocycles. The Morgan fingerprint density at radius 3 is 2.29 bits per heavy atom. The zero-order valence-corrected chi connectivity index (χ0v) is 30.3. The lowest BCUT2D eigenvalue weighted by Crippen LogP contribution is -2.62. The summed E-state index contributed by atoms with van der Waals surface area (Å²) in [6, 6.07) is 6.67. The van der Waals surface area contributed by atoms with Gasteiger partial charge in [0.1, 0.15) is 23.7 Å². The van der Waals surface area contributed by atoms with E-state index in [0.717, 1.165) is 16.5 Å². The molecule has 1 aromatic heterocycles. The first kappa shape index (κ1) is 38.9. The van der Waals surface area contributed by atoms with Gasteiger partial charge in [0.2, 0.25) is 11.8 Å². The average molecular weight is 681 g/mol. The van der Waals surface area contributed by atoms with Gasteiger partial charge in [-0.2, -0.15) is 0 Å². The Morgan fingerprint density at radius 2 is 1.65 bits per heavy atom. The number of aromatic nitrogens is 1. The van der Waals surface area contributed by atoms with E-state index < -0.39 is 53.1 Å². The lowest BCUT2D eigenvalue weighted by molar-refractivity contribution is -0.148. The normalized spacial score (nSPS) is 17.3. The lowest BCUT2D eigenvalue weighted by atomic mass is 9.92. The number of pyridine rings is 1. The van der Waals surface area contributed by atoms with Crippen LogP contribution in [-0.2, 0) is 28.7 Å². The number of amides is 4. The molecule has 13 heteroatoms. The van der Waals surface area contributed by atoms with Crippen LogP contribution in [0.3, 0.4) is 0 Å². The molecule has 268 valence electrons. The molecule has 0 radical (unpaired) electrons. The quantitative estimate of drug-likeness (QED) is 0.255. The van der Waals surface area contributed by atoms with Gasteiger partial charge in [0, 0.05) is 11.9 Å². The molecular weight excluding hydrogens is 628 g/mol. The Hall–Kier alpha value is -4.52. The fraction of sp³-hybridized carbons (Fsp3) is 0.556. The first-order valence-electron chi connectivity index (χ1n) is 16.7. The highest BCUT2D eigenvalue weighted by molar-refractivity contribution is 5.91. The van der Waals surface area contributed by atoms with E-state index in [4.69, 9.17) is 14.5 Å². The van der Waals surface area contributed by atoms with Crippen LogP contribution in [0.1, 0.15) is 92.5 Å². The second-order valence-corrected chi connectivity index (χ2v) is 14.4. The van der Waals surface area contributed by atoms with Gasteiger partial charge in [0.25, 0.3) is 5.91 Å². The second kappa shape index (κ2) is 16.3. The molecule has 0 aliphatic carbocycles. The lowest BCUT2D eigenvalue weighted by Gasteiger charge is -2.35. The van der Waals surface area contributed by atoms with Crippen molar-refractivity contribution >= 4 is 46.8 Å². The predicted octanol–water partition coefficient (Wildman–Crippen LogP) is 4.17. The molecule has 4 atom stereocenters. The van der Waals surface area contributed by atoms with Gasteiger partial charge in [0.05, 0.1) is 29.8 Å². The van der Waals surface area contributed by atoms with Gasteiger partial charge >= 0.3 is 12.1 Å². The zero-order valence-electron chi connectivity index (χ0n) is 30.3. The van der Waals surface area contributed by atoms with E-state index in [1.807, 2.05) is 43.3 Å². The fourth-order valence-corrected chi connectivity index (χ4v) is 5.22. The molecule has 49 heavy (non-hydrogen) atoms. The summed E-state index contributed by atoms with van der Waals surface area (Å²) in [6.07, 6.45) is 4.02. The number of hydrazine groups is 1. The first-order chi connectivity index (χ1) is 22.8. The van der Waals surface area contributed by atoms with E-state index in [1.54, 1.807) is 61.5 Å². The molecule has 0 unspecified atom stereocenters. The summed E-state index contributed by atoms with van der Waals surface area (Å²) in [5, 5.41) is 10.6. The topological polar surface area (TPSA) is 168 Å². The third kappa shape index (κ3) is 11.0. The van der Waals surface area contributed by atoms with Gasteiger partial charge in [-0.1, -0.05) is 44.2 Å². The SMILES string of the molecule is COC(=O)C(C)(C)/C=C/c1ccc2ccc([C@@H](C)NC(=O)[C@@H]3CCCN(C(=O)[C@H](C)NC(=O)[C@@H](NC(=O)OC(C)(C)C)C(C)C)N3)nc2c1. The number of nitrogens with zero attached hydrogens (tertiary/aromatic N) is 2. The van der Waals surface area contributed by atoms with E-state index >= 15 is 0 Å². The summed E-state index contributed by atoms with van der Waals surface area (Å²) in [6.45, 7) is 16.1. The van der Waals surface area contributed by atoms with E-state index in [0.29, 0.717) is 25.1 Å². The molecule has 1 fully saturated rings. The Labute approximate surface area is 288 Å². The number of hydrogen-bond donors (Lipinski definition) is 4. The highest BCUT2D eigenvalue weighted by atomic mass is 16.6.